The number of aromatic nitrogens is 6. The molecule has 2 N–H and O–H groups in total. The van der Waals surface area contributed by atoms with E-state index in [-0.39, 0.29) is 22.8 Å². The third-order valence-electron chi connectivity index (χ3n) is 3.57. The molecule has 1 aromatic carbocycles. The minimum absolute atomic E-state index is 0.0356. The highest BCUT2D eigenvalue weighted by molar-refractivity contribution is 7.89. The van der Waals surface area contributed by atoms with Gasteiger partial charge in [-0.15, -0.1) is 10.2 Å². The van der Waals surface area contributed by atoms with Gasteiger partial charge in [-0.05, 0) is 36.4 Å². The number of nitrogens with zero attached hydrogens (tertiary/aromatic N) is 6. The van der Waals surface area contributed by atoms with E-state index in [1.54, 1.807) is 32.0 Å². The lowest BCUT2D eigenvalue weighted by Crippen LogP contribution is -2.24. The highest BCUT2D eigenvalue weighted by Gasteiger charge is 2.19. The van der Waals surface area contributed by atoms with E-state index in [0.717, 1.165) is 18.2 Å². The highest BCUT2D eigenvalue weighted by atomic mass is 32.2. The molecule has 0 aliphatic rings. The van der Waals surface area contributed by atoms with Crippen LogP contribution in [0.5, 0.6) is 0 Å². The molecule has 10 nitrogen and oxygen atoms in total. The quantitative estimate of drug-likeness (QED) is 0.625. The van der Waals surface area contributed by atoms with Crippen LogP contribution in [-0.2, 0) is 16.6 Å². The van der Waals surface area contributed by atoms with Crippen LogP contribution in [-0.4, -0.2) is 53.1 Å². The molecule has 0 atom stereocenters. The second-order valence-electron chi connectivity index (χ2n) is 5.90. The van der Waals surface area contributed by atoms with E-state index >= 15 is 0 Å². The molecule has 3 rings (SSSR count). The van der Waals surface area contributed by atoms with E-state index in [2.05, 4.69) is 35.3 Å². The number of hydrogen-bond acceptors (Lipinski definition) is 8. The van der Waals surface area contributed by atoms with Crippen LogP contribution in [0.4, 0.5) is 10.3 Å². The molecule has 142 valence electrons. The van der Waals surface area contributed by atoms with Gasteiger partial charge in [0.2, 0.25) is 21.8 Å². The SMILES string of the molecule is Cc1cc(CNS(=O)(=O)c2ccc(F)c(-c3nn[nH]n3)c2)nc(N(C)C)n1. The van der Waals surface area contributed by atoms with Crippen molar-refractivity contribution in [2.24, 2.45) is 0 Å². The predicted octanol–water partition coefficient (Wildman–Crippen LogP) is 0.649. The molecule has 27 heavy (non-hydrogen) atoms. The molecule has 0 unspecified atom stereocenters. The number of sulfonamides is 1. The van der Waals surface area contributed by atoms with E-state index in [1.807, 2.05) is 0 Å². The maximum Gasteiger partial charge on any atom is 0.240 e. The summed E-state index contributed by atoms with van der Waals surface area (Å²) in [6, 6.07) is 5.04. The second kappa shape index (κ2) is 7.32. The number of rotatable bonds is 6. The average molecular weight is 392 g/mol. The van der Waals surface area contributed by atoms with Gasteiger partial charge in [-0.2, -0.15) is 5.21 Å². The molecule has 2 heterocycles. The van der Waals surface area contributed by atoms with Crippen LogP contribution in [0.3, 0.4) is 0 Å². The Hall–Kier alpha value is -2.99. The Labute approximate surface area is 154 Å². The second-order valence-corrected chi connectivity index (χ2v) is 7.66. The maximum atomic E-state index is 14.0. The van der Waals surface area contributed by atoms with E-state index in [1.165, 1.54) is 0 Å². The Morgan fingerprint density at radius 1 is 1.22 bits per heavy atom. The molecular weight excluding hydrogens is 375 g/mol. The highest BCUT2D eigenvalue weighted by Crippen LogP contribution is 2.22. The van der Waals surface area contributed by atoms with Gasteiger partial charge in [0.1, 0.15) is 5.82 Å². The number of halogens is 1. The fraction of sp³-hybridized carbons (Fsp3) is 0.267. The van der Waals surface area contributed by atoms with Gasteiger partial charge in [0.25, 0.3) is 0 Å². The first-order chi connectivity index (χ1) is 12.8. The lowest BCUT2D eigenvalue weighted by atomic mass is 10.2. The van der Waals surface area contributed by atoms with Crippen molar-refractivity contribution >= 4 is 16.0 Å². The van der Waals surface area contributed by atoms with Gasteiger partial charge in [-0.3, -0.25) is 0 Å². The lowest BCUT2D eigenvalue weighted by Gasteiger charge is -2.13. The summed E-state index contributed by atoms with van der Waals surface area (Å²) < 4.78 is 41.6. The molecule has 0 spiro atoms. The monoisotopic (exact) mass is 392 g/mol. The van der Waals surface area contributed by atoms with E-state index in [0.29, 0.717) is 17.3 Å². The Balaban J connectivity index is 1.85. The van der Waals surface area contributed by atoms with E-state index < -0.39 is 15.8 Å². The summed E-state index contributed by atoms with van der Waals surface area (Å²) in [5, 5.41) is 12.9. The number of aryl methyl sites for hydroxylation is 1. The summed E-state index contributed by atoms with van der Waals surface area (Å²) in [7, 11) is -0.327. The average Bonchev–Trinajstić information content (AvgIpc) is 3.14. The van der Waals surface area contributed by atoms with Crippen molar-refractivity contribution in [1.82, 2.24) is 35.3 Å². The predicted molar refractivity (Wildman–Crippen MR) is 94.7 cm³/mol. The van der Waals surface area contributed by atoms with Gasteiger partial charge >= 0.3 is 0 Å². The summed E-state index contributed by atoms with van der Waals surface area (Å²) in [5.74, 6) is -0.214. The van der Waals surface area contributed by atoms with Crippen LogP contribution in [0.2, 0.25) is 0 Å². The van der Waals surface area contributed by atoms with Crippen LogP contribution in [0.1, 0.15) is 11.4 Å². The van der Waals surface area contributed by atoms with Crippen molar-refractivity contribution in [3.63, 3.8) is 0 Å². The lowest BCUT2D eigenvalue weighted by molar-refractivity contribution is 0.579. The van der Waals surface area contributed by atoms with Gasteiger partial charge in [-0.1, -0.05) is 0 Å². The van der Waals surface area contributed by atoms with E-state index in [4.69, 9.17) is 0 Å². The molecule has 0 amide bonds. The van der Waals surface area contributed by atoms with Gasteiger partial charge < -0.3 is 4.90 Å². The van der Waals surface area contributed by atoms with Crippen molar-refractivity contribution in [3.05, 3.63) is 41.5 Å². The molecule has 0 bridgehead atoms. The number of tetrazole rings is 1. The fourth-order valence-corrected chi connectivity index (χ4v) is 3.30. The zero-order valence-corrected chi connectivity index (χ0v) is 15.6. The topological polar surface area (TPSA) is 130 Å². The van der Waals surface area contributed by atoms with Crippen LogP contribution in [0, 0.1) is 12.7 Å². The molecule has 0 aliphatic carbocycles. The third-order valence-corrected chi connectivity index (χ3v) is 4.97. The summed E-state index contributed by atoms with van der Waals surface area (Å²) in [5.41, 5.74) is 1.15. The Bertz CT molecular complexity index is 1050. The largest absolute Gasteiger partial charge is 0.347 e. The molecule has 3 aromatic rings. The summed E-state index contributed by atoms with van der Waals surface area (Å²) >= 11 is 0. The zero-order valence-electron chi connectivity index (χ0n) is 14.8. The van der Waals surface area contributed by atoms with Crippen LogP contribution >= 0.6 is 0 Å². The first kappa shape index (κ1) is 18.8. The molecule has 0 saturated carbocycles. The number of nitrogens with one attached hydrogen (secondary N) is 2. The summed E-state index contributed by atoms with van der Waals surface area (Å²) in [6.07, 6.45) is 0. The van der Waals surface area contributed by atoms with Crippen molar-refractivity contribution in [2.75, 3.05) is 19.0 Å². The minimum Gasteiger partial charge on any atom is -0.347 e. The van der Waals surface area contributed by atoms with Crippen molar-refractivity contribution in [2.45, 2.75) is 18.4 Å². The van der Waals surface area contributed by atoms with Gasteiger partial charge in [0.15, 0.2) is 0 Å². The normalized spacial score (nSPS) is 11.6. The first-order valence-corrected chi connectivity index (χ1v) is 9.29. The van der Waals surface area contributed by atoms with Crippen molar-refractivity contribution in [3.8, 4) is 11.4 Å². The van der Waals surface area contributed by atoms with Crippen molar-refractivity contribution < 1.29 is 12.8 Å². The number of anilines is 1. The van der Waals surface area contributed by atoms with Crippen LogP contribution in [0.25, 0.3) is 11.4 Å². The van der Waals surface area contributed by atoms with Gasteiger partial charge in [0, 0.05) is 19.8 Å². The van der Waals surface area contributed by atoms with Gasteiger partial charge in [0.05, 0.1) is 22.7 Å². The Kier molecular flexibility index (Phi) is 5.10. The van der Waals surface area contributed by atoms with Gasteiger partial charge in [-0.25, -0.2) is 27.5 Å². The number of aromatic amines is 1. The number of H-pyrrole nitrogens is 1. The smallest absolute Gasteiger partial charge is 0.240 e. The Morgan fingerprint density at radius 2 is 2.00 bits per heavy atom. The summed E-state index contributed by atoms with van der Waals surface area (Å²) in [4.78, 5) is 10.2. The standard InChI is InChI=1S/C15H17FN8O2S/c1-9-6-10(19-15(18-9)24(2)3)8-17-27(25,26)11-4-5-13(16)12(7-11)14-20-22-23-21-14/h4-7,17H,8H2,1-3H3,(H,20,21,22,23). The fourth-order valence-electron chi connectivity index (χ4n) is 2.28. The molecule has 0 saturated heterocycles. The summed E-state index contributed by atoms with van der Waals surface area (Å²) in [6.45, 7) is 1.76. The Morgan fingerprint density at radius 3 is 2.67 bits per heavy atom. The molecule has 0 radical (unpaired) electrons. The maximum absolute atomic E-state index is 14.0. The number of hydrogen-bond donors (Lipinski definition) is 2. The minimum atomic E-state index is -3.91. The van der Waals surface area contributed by atoms with Crippen LogP contribution in [0.15, 0.2) is 29.2 Å². The van der Waals surface area contributed by atoms with Crippen LogP contribution < -0.4 is 9.62 Å². The number of benzene rings is 1. The zero-order chi connectivity index (χ0) is 19.6. The molecule has 0 fully saturated rings. The molecule has 2 aromatic heterocycles. The first-order valence-electron chi connectivity index (χ1n) is 7.81. The molecule has 0 aliphatic heterocycles. The van der Waals surface area contributed by atoms with E-state index in [9.17, 15) is 12.8 Å². The third kappa shape index (κ3) is 4.23. The molecular formula is C15H17FN8O2S. The van der Waals surface area contributed by atoms with Crippen molar-refractivity contribution in [1.29, 1.82) is 0 Å². The molecule has 12 heteroatoms.